The third-order valence-corrected chi connectivity index (χ3v) is 4.17. The van der Waals surface area contributed by atoms with Crippen LogP contribution in [0, 0.1) is 0 Å². The van der Waals surface area contributed by atoms with Crippen LogP contribution in [-0.4, -0.2) is 34.6 Å². The van der Waals surface area contributed by atoms with Crippen molar-refractivity contribution in [3.63, 3.8) is 0 Å². The summed E-state index contributed by atoms with van der Waals surface area (Å²) in [6.45, 7) is 0. The number of anilines is 1. The average Bonchev–Trinajstić information content (AvgIpc) is 2.55. The first-order chi connectivity index (χ1) is 10.7. The number of likely N-dealkylation sites (N-methyl/N-ethyl adjacent to an activating group) is 1. The third-order valence-electron chi connectivity index (χ3n) is 3.52. The van der Waals surface area contributed by atoms with Crippen molar-refractivity contribution >= 4 is 35.3 Å². The zero-order valence-electron chi connectivity index (χ0n) is 12.5. The molecule has 0 saturated heterocycles. The summed E-state index contributed by atoms with van der Waals surface area (Å²) in [6.07, 6.45) is 9.26. The maximum Gasteiger partial charge on any atom is 0.257 e. The molecule has 0 unspecified atom stereocenters. The van der Waals surface area contributed by atoms with E-state index in [4.69, 9.17) is 0 Å². The number of hydrogen-bond acceptors (Lipinski definition) is 6. The van der Waals surface area contributed by atoms with Crippen molar-refractivity contribution in [1.82, 2.24) is 15.3 Å². The smallest absolute Gasteiger partial charge is 0.257 e. The van der Waals surface area contributed by atoms with E-state index >= 15 is 0 Å². The fraction of sp³-hybridized carbons (Fsp3) is 0.467. The Balaban J connectivity index is 2.12. The van der Waals surface area contributed by atoms with Gasteiger partial charge in [0.1, 0.15) is 0 Å². The first-order valence-corrected chi connectivity index (χ1v) is 8.24. The van der Waals surface area contributed by atoms with Crippen LogP contribution in [0.1, 0.15) is 37.8 Å². The number of amides is 1. The molecule has 1 saturated carbocycles. The predicted molar refractivity (Wildman–Crippen MR) is 88.9 cm³/mol. The Morgan fingerprint density at radius 2 is 2.14 bits per heavy atom. The van der Waals surface area contributed by atoms with Crippen LogP contribution in [0.3, 0.4) is 0 Å². The molecule has 1 aromatic rings. The Morgan fingerprint density at radius 3 is 2.82 bits per heavy atom. The second-order valence-corrected chi connectivity index (χ2v) is 5.95. The van der Waals surface area contributed by atoms with Gasteiger partial charge < -0.3 is 10.6 Å². The summed E-state index contributed by atoms with van der Waals surface area (Å²) in [5.74, 6) is 0.255. The molecule has 1 aliphatic carbocycles. The van der Waals surface area contributed by atoms with Crippen LogP contribution in [0.5, 0.6) is 0 Å². The van der Waals surface area contributed by atoms with E-state index < -0.39 is 0 Å². The van der Waals surface area contributed by atoms with Gasteiger partial charge in [-0.3, -0.25) is 9.59 Å². The molecule has 1 aliphatic rings. The van der Waals surface area contributed by atoms with Gasteiger partial charge >= 0.3 is 0 Å². The number of carbonyl (C=O) groups is 2. The second-order valence-electron chi connectivity index (χ2n) is 5.09. The molecule has 0 atom stereocenters. The lowest BCUT2D eigenvalue weighted by Crippen LogP contribution is -2.23. The van der Waals surface area contributed by atoms with Gasteiger partial charge in [0.05, 0.1) is 10.6 Å². The van der Waals surface area contributed by atoms with Gasteiger partial charge in [0.2, 0.25) is 5.95 Å². The predicted octanol–water partition coefficient (Wildman–Crippen LogP) is 2.23. The van der Waals surface area contributed by atoms with Crippen LogP contribution >= 0.6 is 11.8 Å². The average molecular weight is 320 g/mol. The first-order valence-electron chi connectivity index (χ1n) is 7.36. The number of aromatic nitrogens is 2. The van der Waals surface area contributed by atoms with Crippen LogP contribution in [0.15, 0.2) is 17.2 Å². The summed E-state index contributed by atoms with van der Waals surface area (Å²) < 4.78 is 0. The van der Waals surface area contributed by atoms with Gasteiger partial charge in [0, 0.05) is 19.3 Å². The summed E-state index contributed by atoms with van der Waals surface area (Å²) in [5, 5.41) is 5.85. The highest BCUT2D eigenvalue weighted by Crippen LogP contribution is 2.21. The summed E-state index contributed by atoms with van der Waals surface area (Å²) in [7, 11) is 1.53. The minimum atomic E-state index is -0.308. The lowest BCUT2D eigenvalue weighted by atomic mass is 9.96. The largest absolute Gasteiger partial charge is 0.355 e. The van der Waals surface area contributed by atoms with E-state index in [-0.39, 0.29) is 5.91 Å². The zero-order valence-corrected chi connectivity index (χ0v) is 13.4. The molecule has 22 heavy (non-hydrogen) atoms. The minimum Gasteiger partial charge on any atom is -0.355 e. The molecule has 0 bridgehead atoms. The highest BCUT2D eigenvalue weighted by molar-refractivity contribution is 8.16. The number of hydrogen-bond donors (Lipinski definition) is 2. The van der Waals surface area contributed by atoms with Crippen LogP contribution in [0.25, 0.3) is 6.08 Å². The monoisotopic (exact) mass is 320 g/mol. The Labute approximate surface area is 134 Å². The molecule has 2 N–H and O–H groups in total. The Morgan fingerprint density at radius 1 is 1.36 bits per heavy atom. The summed E-state index contributed by atoms with van der Waals surface area (Å²) in [5.41, 5.74) is 1.23. The van der Waals surface area contributed by atoms with Crippen LogP contribution in [0.4, 0.5) is 5.95 Å². The van der Waals surface area contributed by atoms with Crippen molar-refractivity contribution in [2.75, 3.05) is 12.4 Å². The molecular formula is C15H20N4O2S. The fourth-order valence-electron chi connectivity index (χ4n) is 2.41. The van der Waals surface area contributed by atoms with Crippen molar-refractivity contribution < 1.29 is 9.59 Å². The minimum absolute atomic E-state index is 0.305. The van der Waals surface area contributed by atoms with E-state index in [0.29, 0.717) is 28.2 Å². The van der Waals surface area contributed by atoms with Crippen LogP contribution in [0.2, 0.25) is 0 Å². The second kappa shape index (κ2) is 8.53. The maximum atomic E-state index is 11.7. The third kappa shape index (κ3) is 4.84. The Bertz CT molecular complexity index is 556. The molecule has 2 rings (SSSR count). The van der Waals surface area contributed by atoms with Crippen LogP contribution < -0.4 is 10.6 Å². The number of nitrogens with one attached hydrogen (secondary N) is 2. The molecule has 0 spiro atoms. The fourth-order valence-corrected chi connectivity index (χ4v) is 2.92. The van der Waals surface area contributed by atoms with Gasteiger partial charge in [0.25, 0.3) is 5.91 Å². The molecule has 6 nitrogen and oxygen atoms in total. The maximum absolute atomic E-state index is 11.7. The lowest BCUT2D eigenvalue weighted by Gasteiger charge is -2.22. The van der Waals surface area contributed by atoms with E-state index in [0.717, 1.165) is 24.6 Å². The highest BCUT2D eigenvalue weighted by atomic mass is 32.2. The Kier molecular flexibility index (Phi) is 6.39. The molecule has 0 aromatic carbocycles. The van der Waals surface area contributed by atoms with Gasteiger partial charge in [-0.15, -0.1) is 0 Å². The van der Waals surface area contributed by atoms with Gasteiger partial charge in [-0.25, -0.2) is 9.97 Å². The van der Waals surface area contributed by atoms with E-state index in [1.807, 2.05) is 0 Å². The van der Waals surface area contributed by atoms with E-state index in [2.05, 4.69) is 20.6 Å². The molecule has 0 aliphatic heterocycles. The van der Waals surface area contributed by atoms with E-state index in [9.17, 15) is 9.59 Å². The van der Waals surface area contributed by atoms with Crippen LogP contribution in [-0.2, 0) is 9.59 Å². The quantitative estimate of drug-likeness (QED) is 0.618. The molecule has 1 amide bonds. The number of rotatable bonds is 6. The molecule has 1 heterocycles. The number of nitrogens with zero attached hydrogens (tertiary/aromatic N) is 2. The Hall–Kier alpha value is -1.89. The molecule has 0 radical (unpaired) electrons. The van der Waals surface area contributed by atoms with Crippen molar-refractivity contribution in [2.45, 2.75) is 38.1 Å². The van der Waals surface area contributed by atoms with E-state index in [1.54, 1.807) is 18.3 Å². The van der Waals surface area contributed by atoms with E-state index in [1.165, 1.54) is 26.3 Å². The molecule has 7 heteroatoms. The molecular weight excluding hydrogens is 300 g/mol. The lowest BCUT2D eigenvalue weighted by molar-refractivity contribution is -0.116. The highest BCUT2D eigenvalue weighted by Gasteiger charge is 2.14. The van der Waals surface area contributed by atoms with Gasteiger partial charge in [-0.05, 0) is 36.7 Å². The van der Waals surface area contributed by atoms with Gasteiger partial charge in [-0.1, -0.05) is 19.3 Å². The van der Waals surface area contributed by atoms with Crippen molar-refractivity contribution in [3.05, 3.63) is 22.9 Å². The molecule has 1 fully saturated rings. The van der Waals surface area contributed by atoms with Gasteiger partial charge in [-0.2, -0.15) is 0 Å². The van der Waals surface area contributed by atoms with Crippen molar-refractivity contribution in [2.24, 2.45) is 0 Å². The van der Waals surface area contributed by atoms with Crippen molar-refractivity contribution in [3.8, 4) is 0 Å². The molecule has 1 aromatic heterocycles. The topological polar surface area (TPSA) is 84.0 Å². The summed E-state index contributed by atoms with van der Waals surface area (Å²) in [6, 6.07) is 2.12. The standard InChI is InChI=1S/C15H20N4O2S/c1-16-14(21)13(22-10-20)9-12-7-8-17-15(19-12)18-11-5-3-2-4-6-11/h7-11H,2-6H2,1H3,(H,16,21)(H,17,18,19)/b13-9-. The molecule has 118 valence electrons. The zero-order chi connectivity index (χ0) is 15.8. The number of thioether (sulfide) groups is 1. The number of carbonyl (C=O) groups excluding carboxylic acids is 2. The normalized spacial score (nSPS) is 16.1. The van der Waals surface area contributed by atoms with Crippen molar-refractivity contribution in [1.29, 1.82) is 0 Å². The summed E-state index contributed by atoms with van der Waals surface area (Å²) >= 11 is 0.833. The first kappa shape index (κ1) is 16.5. The summed E-state index contributed by atoms with van der Waals surface area (Å²) in [4.78, 5) is 31.3. The van der Waals surface area contributed by atoms with Gasteiger partial charge in [0.15, 0.2) is 5.62 Å². The SMILES string of the molecule is CNC(=O)/C(=C/c1ccnc(NC2CCCCC2)n1)SC=O.